The third-order valence-electron chi connectivity index (χ3n) is 5.50. The first kappa shape index (κ1) is 16.3. The molecule has 4 heteroatoms. The van der Waals surface area contributed by atoms with Crippen LogP contribution in [-0.4, -0.2) is 43.8 Å². The van der Waals surface area contributed by atoms with Gasteiger partial charge in [-0.25, -0.2) is 4.79 Å². The van der Waals surface area contributed by atoms with Crippen molar-refractivity contribution in [1.29, 1.82) is 0 Å². The number of rotatable bonds is 4. The van der Waals surface area contributed by atoms with Crippen molar-refractivity contribution < 1.29 is 9.53 Å². The highest BCUT2D eigenvalue weighted by Crippen LogP contribution is 2.39. The summed E-state index contributed by atoms with van der Waals surface area (Å²) in [7, 11) is 0. The molecule has 2 fully saturated rings. The van der Waals surface area contributed by atoms with Crippen LogP contribution < -0.4 is 5.32 Å². The van der Waals surface area contributed by atoms with Crippen molar-refractivity contribution in [3.63, 3.8) is 0 Å². The van der Waals surface area contributed by atoms with E-state index in [-0.39, 0.29) is 6.03 Å². The van der Waals surface area contributed by atoms with E-state index in [4.69, 9.17) is 4.74 Å². The van der Waals surface area contributed by atoms with Crippen molar-refractivity contribution in [2.45, 2.75) is 38.5 Å². The molecule has 23 heavy (non-hydrogen) atoms. The average Bonchev–Trinajstić information content (AvgIpc) is 2.99. The Kier molecular flexibility index (Phi) is 5.21. The van der Waals surface area contributed by atoms with Gasteiger partial charge in [0.2, 0.25) is 0 Å². The van der Waals surface area contributed by atoms with E-state index in [0.29, 0.717) is 11.3 Å². The van der Waals surface area contributed by atoms with E-state index < -0.39 is 0 Å². The quantitative estimate of drug-likeness (QED) is 0.925. The van der Waals surface area contributed by atoms with Gasteiger partial charge >= 0.3 is 6.03 Å². The van der Waals surface area contributed by atoms with Gasteiger partial charge in [0, 0.05) is 32.8 Å². The number of nitrogens with zero attached hydrogens (tertiary/aromatic N) is 1. The van der Waals surface area contributed by atoms with E-state index >= 15 is 0 Å². The van der Waals surface area contributed by atoms with Gasteiger partial charge in [0.1, 0.15) is 0 Å². The Bertz CT molecular complexity index is 511. The second-order valence-electron chi connectivity index (χ2n) is 7.12. The summed E-state index contributed by atoms with van der Waals surface area (Å²) in [4.78, 5) is 14.4. The second kappa shape index (κ2) is 7.35. The summed E-state index contributed by atoms with van der Waals surface area (Å²) < 4.78 is 5.47. The van der Waals surface area contributed by atoms with Crippen LogP contribution in [0.2, 0.25) is 0 Å². The van der Waals surface area contributed by atoms with Crippen molar-refractivity contribution in [2.75, 3.05) is 32.8 Å². The predicted octanol–water partition coefficient (Wildman–Crippen LogP) is 3.39. The number of likely N-dealkylation sites (tertiary alicyclic amines) is 1. The molecule has 126 valence electrons. The molecule has 2 aliphatic rings. The van der Waals surface area contributed by atoms with Crippen LogP contribution in [0.1, 0.15) is 44.1 Å². The molecular weight excluding hydrogens is 288 g/mol. The smallest absolute Gasteiger partial charge is 0.317 e. The molecule has 3 rings (SSSR count). The summed E-state index contributed by atoms with van der Waals surface area (Å²) in [6.45, 7) is 6.44. The predicted molar refractivity (Wildman–Crippen MR) is 91.5 cm³/mol. The van der Waals surface area contributed by atoms with Crippen molar-refractivity contribution in [2.24, 2.45) is 5.41 Å². The summed E-state index contributed by atoms with van der Waals surface area (Å²) in [6, 6.07) is 10.6. The molecule has 2 saturated heterocycles. The number of hydrogen-bond acceptors (Lipinski definition) is 2. The number of amides is 2. The molecule has 2 heterocycles. The average molecular weight is 316 g/mol. The lowest BCUT2D eigenvalue weighted by Crippen LogP contribution is -2.41. The number of ether oxygens (including phenoxy) is 1. The summed E-state index contributed by atoms with van der Waals surface area (Å²) in [5.41, 5.74) is 1.66. The van der Waals surface area contributed by atoms with Crippen molar-refractivity contribution in [3.8, 4) is 0 Å². The summed E-state index contributed by atoms with van der Waals surface area (Å²) in [5, 5.41) is 3.10. The normalized spacial score (nSPS) is 21.3. The van der Waals surface area contributed by atoms with Gasteiger partial charge in [-0.15, -0.1) is 0 Å². The standard InChI is InChI=1S/C19H28N2O2/c1-16(17-5-3-2-4-6-17)7-11-20-18(22)21-12-8-19(15-21)9-13-23-14-10-19/h2-6,16H,7-15H2,1H3,(H,20,22). The zero-order chi connectivity index (χ0) is 16.1. The lowest BCUT2D eigenvalue weighted by Gasteiger charge is -2.33. The van der Waals surface area contributed by atoms with Crippen LogP contribution >= 0.6 is 0 Å². The Morgan fingerprint density at radius 2 is 2.00 bits per heavy atom. The minimum absolute atomic E-state index is 0.105. The van der Waals surface area contributed by atoms with Gasteiger partial charge in [-0.3, -0.25) is 0 Å². The molecular formula is C19H28N2O2. The highest BCUT2D eigenvalue weighted by molar-refractivity contribution is 5.74. The molecule has 1 aromatic rings. The molecule has 0 saturated carbocycles. The minimum Gasteiger partial charge on any atom is -0.381 e. The monoisotopic (exact) mass is 316 g/mol. The third-order valence-corrected chi connectivity index (χ3v) is 5.50. The van der Waals surface area contributed by atoms with Crippen LogP contribution in [0.15, 0.2) is 30.3 Å². The van der Waals surface area contributed by atoms with Gasteiger partial charge in [-0.2, -0.15) is 0 Å². The van der Waals surface area contributed by atoms with Crippen LogP contribution in [0.25, 0.3) is 0 Å². The molecule has 1 N–H and O–H groups in total. The maximum atomic E-state index is 12.4. The van der Waals surface area contributed by atoms with E-state index in [0.717, 1.165) is 58.5 Å². The van der Waals surface area contributed by atoms with Crippen molar-refractivity contribution >= 4 is 6.03 Å². The summed E-state index contributed by atoms with van der Waals surface area (Å²) in [5.74, 6) is 0.469. The molecule has 1 aromatic carbocycles. The second-order valence-corrected chi connectivity index (χ2v) is 7.12. The van der Waals surface area contributed by atoms with Gasteiger partial charge in [0.25, 0.3) is 0 Å². The SMILES string of the molecule is CC(CCNC(=O)N1CCC2(CCOCC2)C1)c1ccccc1. The lowest BCUT2D eigenvalue weighted by molar-refractivity contribution is 0.0209. The maximum Gasteiger partial charge on any atom is 0.317 e. The van der Waals surface area contributed by atoms with Crippen LogP contribution in [0.5, 0.6) is 0 Å². The van der Waals surface area contributed by atoms with Gasteiger partial charge in [-0.05, 0) is 42.6 Å². The summed E-state index contributed by atoms with van der Waals surface area (Å²) in [6.07, 6.45) is 4.30. The zero-order valence-electron chi connectivity index (χ0n) is 14.1. The Morgan fingerprint density at radius 3 is 2.74 bits per heavy atom. The fourth-order valence-corrected chi connectivity index (χ4v) is 3.78. The maximum absolute atomic E-state index is 12.4. The van der Waals surface area contributed by atoms with Crippen LogP contribution in [0.3, 0.4) is 0 Å². The highest BCUT2D eigenvalue weighted by atomic mass is 16.5. The molecule has 4 nitrogen and oxygen atoms in total. The molecule has 0 aromatic heterocycles. The lowest BCUT2D eigenvalue weighted by atomic mass is 9.80. The van der Waals surface area contributed by atoms with E-state index in [2.05, 4.69) is 36.5 Å². The first-order valence-electron chi connectivity index (χ1n) is 8.84. The number of hydrogen-bond donors (Lipinski definition) is 1. The Morgan fingerprint density at radius 1 is 1.26 bits per heavy atom. The Balaban J connectivity index is 1.41. The molecule has 0 aliphatic carbocycles. The fraction of sp³-hybridized carbons (Fsp3) is 0.632. The topological polar surface area (TPSA) is 41.6 Å². The van der Waals surface area contributed by atoms with E-state index in [9.17, 15) is 4.79 Å². The van der Waals surface area contributed by atoms with Crippen molar-refractivity contribution in [1.82, 2.24) is 10.2 Å². The van der Waals surface area contributed by atoms with Crippen LogP contribution in [-0.2, 0) is 4.74 Å². The van der Waals surface area contributed by atoms with Crippen molar-refractivity contribution in [3.05, 3.63) is 35.9 Å². The molecule has 1 unspecified atom stereocenters. The molecule has 2 amide bonds. The fourth-order valence-electron chi connectivity index (χ4n) is 3.78. The van der Waals surface area contributed by atoms with Gasteiger partial charge in [0.05, 0.1) is 0 Å². The van der Waals surface area contributed by atoms with Crippen LogP contribution in [0, 0.1) is 5.41 Å². The number of nitrogens with one attached hydrogen (secondary N) is 1. The molecule has 1 atom stereocenters. The van der Waals surface area contributed by atoms with E-state index in [1.54, 1.807) is 0 Å². The Hall–Kier alpha value is -1.55. The number of benzene rings is 1. The summed E-state index contributed by atoms with van der Waals surface area (Å²) >= 11 is 0. The number of carbonyl (C=O) groups is 1. The number of carbonyl (C=O) groups excluding carboxylic acids is 1. The van der Waals surface area contributed by atoms with Gasteiger partial charge in [-0.1, -0.05) is 37.3 Å². The first-order chi connectivity index (χ1) is 11.2. The van der Waals surface area contributed by atoms with E-state index in [1.165, 1.54) is 5.56 Å². The number of urea groups is 1. The first-order valence-corrected chi connectivity index (χ1v) is 8.84. The molecule has 1 spiro atoms. The molecule has 0 radical (unpaired) electrons. The molecule has 0 bridgehead atoms. The van der Waals surface area contributed by atoms with Gasteiger partial charge in [0.15, 0.2) is 0 Å². The van der Waals surface area contributed by atoms with Gasteiger partial charge < -0.3 is 15.0 Å². The van der Waals surface area contributed by atoms with Crippen LogP contribution in [0.4, 0.5) is 4.79 Å². The third kappa shape index (κ3) is 4.05. The minimum atomic E-state index is 0.105. The molecule has 2 aliphatic heterocycles. The van der Waals surface area contributed by atoms with E-state index in [1.807, 2.05) is 11.0 Å². The zero-order valence-corrected chi connectivity index (χ0v) is 14.1. The highest BCUT2D eigenvalue weighted by Gasteiger charge is 2.40. The largest absolute Gasteiger partial charge is 0.381 e. The Labute approximate surface area is 139 Å².